The zero-order chi connectivity index (χ0) is 24.5. The minimum absolute atomic E-state index is 0.0965. The van der Waals surface area contributed by atoms with E-state index in [9.17, 15) is 26.4 Å². The van der Waals surface area contributed by atoms with Crippen LogP contribution in [0.3, 0.4) is 0 Å². The van der Waals surface area contributed by atoms with E-state index in [1.807, 2.05) is 0 Å². The number of hydrogen-bond acceptors (Lipinski definition) is 5. The average molecular weight is 497 g/mol. The maximum absolute atomic E-state index is 13.7. The van der Waals surface area contributed by atoms with Crippen molar-refractivity contribution < 1.29 is 31.1 Å². The van der Waals surface area contributed by atoms with Gasteiger partial charge in [0.25, 0.3) is 0 Å². The summed E-state index contributed by atoms with van der Waals surface area (Å²) in [5, 5.41) is 2.63. The Labute approximate surface area is 194 Å². The minimum atomic E-state index is -4.78. The number of hydrogen-bond donors (Lipinski definition) is 1. The maximum atomic E-state index is 13.7. The lowest BCUT2D eigenvalue weighted by atomic mass is 10.2. The molecule has 2 aromatic carbocycles. The SMILES string of the molecule is COc1cccc(NC(=O)CCn2c(C(F)(F)F)nc3cc(S(=O)(=O)N4CCCC4)ccc32)c1. The Kier molecular flexibility index (Phi) is 6.54. The topological polar surface area (TPSA) is 93.5 Å². The molecule has 0 saturated carbocycles. The van der Waals surface area contributed by atoms with E-state index in [2.05, 4.69) is 10.3 Å². The van der Waals surface area contributed by atoms with E-state index in [0.717, 1.165) is 23.5 Å². The average Bonchev–Trinajstić information content (AvgIpc) is 3.46. The number of imidazole rings is 1. The molecule has 8 nitrogen and oxygen atoms in total. The molecule has 1 N–H and O–H groups in total. The number of aryl methyl sites for hydroxylation is 1. The number of methoxy groups -OCH3 is 1. The van der Waals surface area contributed by atoms with Crippen LogP contribution in [-0.2, 0) is 27.5 Å². The highest BCUT2D eigenvalue weighted by Gasteiger charge is 2.38. The van der Waals surface area contributed by atoms with E-state index in [4.69, 9.17) is 4.74 Å². The molecule has 12 heteroatoms. The van der Waals surface area contributed by atoms with E-state index in [1.165, 1.54) is 23.5 Å². The molecule has 2 heterocycles. The third-order valence-electron chi connectivity index (χ3n) is 5.59. The molecule has 0 unspecified atom stereocenters. The number of nitrogens with one attached hydrogen (secondary N) is 1. The number of rotatable bonds is 7. The Morgan fingerprint density at radius 2 is 1.88 bits per heavy atom. The van der Waals surface area contributed by atoms with Gasteiger partial charge in [-0.05, 0) is 43.2 Å². The Balaban J connectivity index is 1.60. The highest BCUT2D eigenvalue weighted by Crippen LogP contribution is 2.33. The van der Waals surface area contributed by atoms with Crippen molar-refractivity contribution in [3.63, 3.8) is 0 Å². The van der Waals surface area contributed by atoms with Crippen molar-refractivity contribution in [1.82, 2.24) is 13.9 Å². The summed E-state index contributed by atoms with van der Waals surface area (Å²) in [6.07, 6.45) is -3.55. The van der Waals surface area contributed by atoms with Crippen molar-refractivity contribution in [3.8, 4) is 5.75 Å². The first-order valence-corrected chi connectivity index (χ1v) is 12.0. The molecule has 0 spiro atoms. The number of nitrogens with zero attached hydrogens (tertiary/aromatic N) is 3. The van der Waals surface area contributed by atoms with Crippen molar-refractivity contribution in [1.29, 1.82) is 0 Å². The van der Waals surface area contributed by atoms with Gasteiger partial charge in [-0.3, -0.25) is 4.79 Å². The summed E-state index contributed by atoms with van der Waals surface area (Å²) in [7, 11) is -2.33. The van der Waals surface area contributed by atoms with E-state index >= 15 is 0 Å². The molecule has 0 aliphatic carbocycles. The first-order valence-electron chi connectivity index (χ1n) is 10.6. The van der Waals surface area contributed by atoms with Gasteiger partial charge >= 0.3 is 6.18 Å². The summed E-state index contributed by atoms with van der Waals surface area (Å²) in [5.41, 5.74) is 0.454. The molecule has 1 saturated heterocycles. The van der Waals surface area contributed by atoms with Gasteiger partial charge in [0.1, 0.15) is 5.75 Å². The molecule has 4 rings (SSSR count). The number of amides is 1. The fourth-order valence-corrected chi connectivity index (χ4v) is 5.47. The summed E-state index contributed by atoms with van der Waals surface area (Å²) in [5.74, 6) is -1.15. The van der Waals surface area contributed by atoms with E-state index in [0.29, 0.717) is 24.5 Å². The molecule has 1 aromatic heterocycles. The van der Waals surface area contributed by atoms with Crippen molar-refractivity contribution >= 4 is 32.7 Å². The van der Waals surface area contributed by atoms with Crippen molar-refractivity contribution in [2.45, 2.75) is 36.9 Å². The van der Waals surface area contributed by atoms with Crippen LogP contribution in [0, 0.1) is 0 Å². The third kappa shape index (κ3) is 4.87. The number of benzene rings is 2. The predicted octanol–water partition coefficient (Wildman–Crippen LogP) is 3.88. The van der Waals surface area contributed by atoms with Crippen LogP contribution in [0.5, 0.6) is 5.75 Å². The Morgan fingerprint density at radius 1 is 1.15 bits per heavy atom. The smallest absolute Gasteiger partial charge is 0.449 e. The second-order valence-corrected chi connectivity index (χ2v) is 9.81. The van der Waals surface area contributed by atoms with Crippen LogP contribution in [0.25, 0.3) is 11.0 Å². The molecule has 0 radical (unpaired) electrons. The van der Waals surface area contributed by atoms with Gasteiger partial charge in [0.15, 0.2) is 0 Å². The highest BCUT2D eigenvalue weighted by molar-refractivity contribution is 7.89. The number of alkyl halides is 3. The fraction of sp³-hybridized carbons (Fsp3) is 0.364. The number of ether oxygens (including phenoxy) is 1. The highest BCUT2D eigenvalue weighted by atomic mass is 32.2. The third-order valence-corrected chi connectivity index (χ3v) is 7.49. The standard InChI is InChI=1S/C22H23F3N4O4S/c1-33-16-6-4-5-15(13-16)26-20(30)9-12-29-19-8-7-17(34(31,32)28-10-2-3-11-28)14-18(19)27-21(29)22(23,24)25/h4-8,13-14H,2-3,9-12H2,1H3,(H,26,30). The van der Waals surface area contributed by atoms with Crippen LogP contribution in [0.1, 0.15) is 25.1 Å². The van der Waals surface area contributed by atoms with Crippen molar-refractivity contribution in [2.75, 3.05) is 25.5 Å². The molecule has 1 fully saturated rings. The van der Waals surface area contributed by atoms with Crippen LogP contribution in [0.2, 0.25) is 0 Å². The number of anilines is 1. The monoisotopic (exact) mass is 496 g/mol. The van der Waals surface area contributed by atoms with Crippen LogP contribution in [0.4, 0.5) is 18.9 Å². The van der Waals surface area contributed by atoms with Crippen molar-refractivity contribution in [2.24, 2.45) is 0 Å². The lowest BCUT2D eigenvalue weighted by molar-refractivity contribution is -0.147. The normalized spacial score (nSPS) is 15.1. The van der Waals surface area contributed by atoms with Gasteiger partial charge in [-0.2, -0.15) is 17.5 Å². The summed E-state index contributed by atoms with van der Waals surface area (Å²) in [6, 6.07) is 10.3. The largest absolute Gasteiger partial charge is 0.497 e. The molecule has 3 aromatic rings. The second-order valence-electron chi connectivity index (χ2n) is 7.88. The lowest BCUT2D eigenvalue weighted by Gasteiger charge is -2.15. The zero-order valence-electron chi connectivity index (χ0n) is 18.3. The van der Waals surface area contributed by atoms with Crippen LogP contribution in [-0.4, -0.2) is 48.4 Å². The van der Waals surface area contributed by atoms with Gasteiger partial charge in [-0.15, -0.1) is 0 Å². The molecule has 1 aliphatic rings. The fourth-order valence-electron chi connectivity index (χ4n) is 3.93. The number of carbonyl (C=O) groups excluding carboxylic acids is 1. The first kappa shape index (κ1) is 24.0. The molecule has 0 atom stereocenters. The molecule has 182 valence electrons. The lowest BCUT2D eigenvalue weighted by Crippen LogP contribution is -2.27. The zero-order valence-corrected chi connectivity index (χ0v) is 19.1. The molecule has 1 amide bonds. The summed E-state index contributed by atoms with van der Waals surface area (Å²) in [4.78, 5) is 16.0. The number of halogens is 3. The van der Waals surface area contributed by atoms with Gasteiger partial charge in [0.05, 0.1) is 23.0 Å². The second kappa shape index (κ2) is 9.26. The summed E-state index contributed by atoms with van der Waals surface area (Å²) >= 11 is 0. The molecule has 34 heavy (non-hydrogen) atoms. The van der Waals surface area contributed by atoms with Gasteiger partial charge in [0.2, 0.25) is 21.8 Å². The number of sulfonamides is 1. The van der Waals surface area contributed by atoms with Crippen molar-refractivity contribution in [3.05, 3.63) is 48.3 Å². The van der Waals surface area contributed by atoms with Crippen LogP contribution in [0.15, 0.2) is 47.4 Å². The number of fused-ring (bicyclic) bond motifs is 1. The molecule has 1 aliphatic heterocycles. The maximum Gasteiger partial charge on any atom is 0.449 e. The molecular formula is C22H23F3N4O4S. The molecular weight excluding hydrogens is 473 g/mol. The van der Waals surface area contributed by atoms with Gasteiger partial charge in [0, 0.05) is 37.8 Å². The summed E-state index contributed by atoms with van der Waals surface area (Å²) in [6.45, 7) is 0.468. The van der Waals surface area contributed by atoms with E-state index < -0.39 is 27.9 Å². The van der Waals surface area contributed by atoms with E-state index in [1.54, 1.807) is 24.3 Å². The minimum Gasteiger partial charge on any atom is -0.497 e. The quantitative estimate of drug-likeness (QED) is 0.536. The predicted molar refractivity (Wildman–Crippen MR) is 119 cm³/mol. The van der Waals surface area contributed by atoms with Gasteiger partial charge < -0.3 is 14.6 Å². The Morgan fingerprint density at radius 3 is 2.56 bits per heavy atom. The summed E-state index contributed by atoms with van der Waals surface area (Å²) < 4.78 is 74.0. The first-order chi connectivity index (χ1) is 16.1. The van der Waals surface area contributed by atoms with E-state index in [-0.39, 0.29) is 28.9 Å². The Bertz CT molecular complexity index is 1320. The molecule has 0 bridgehead atoms. The number of carbonyl (C=O) groups is 1. The van der Waals surface area contributed by atoms with Gasteiger partial charge in [-0.1, -0.05) is 6.07 Å². The Hall–Kier alpha value is -3.12. The van der Waals surface area contributed by atoms with Gasteiger partial charge in [-0.25, -0.2) is 13.4 Å². The van der Waals surface area contributed by atoms with Crippen LogP contribution < -0.4 is 10.1 Å². The number of aromatic nitrogens is 2. The van der Waals surface area contributed by atoms with Crippen LogP contribution >= 0.6 is 0 Å².